The Morgan fingerprint density at radius 3 is 2.37 bits per heavy atom. The molecule has 2 aromatic carbocycles. The summed E-state index contributed by atoms with van der Waals surface area (Å²) < 4.78 is 27.3. The van der Waals surface area contributed by atoms with Gasteiger partial charge in [-0.25, -0.2) is 13.2 Å². The molecule has 3 aromatic rings. The third-order valence-electron chi connectivity index (χ3n) is 4.79. The number of aromatic nitrogens is 1. The van der Waals surface area contributed by atoms with Crippen LogP contribution in [-0.4, -0.2) is 30.8 Å². The number of anilines is 1. The Bertz CT molecular complexity index is 1070. The van der Waals surface area contributed by atoms with E-state index in [0.717, 1.165) is 11.1 Å². The zero-order chi connectivity index (χ0) is 21.6. The summed E-state index contributed by atoms with van der Waals surface area (Å²) in [6.07, 6.45) is 3.34. The summed E-state index contributed by atoms with van der Waals surface area (Å²) in [5.41, 5.74) is 2.29. The molecular weight excluding hydrogens is 400 g/mol. The van der Waals surface area contributed by atoms with E-state index in [0.29, 0.717) is 12.2 Å². The molecule has 0 aliphatic heterocycles. The summed E-state index contributed by atoms with van der Waals surface area (Å²) >= 11 is 0. The molecule has 1 aromatic heterocycles. The number of hydrogen-bond donors (Lipinski definition) is 2. The highest BCUT2D eigenvalue weighted by molar-refractivity contribution is 7.89. The van der Waals surface area contributed by atoms with Gasteiger partial charge in [-0.3, -0.25) is 4.98 Å². The van der Waals surface area contributed by atoms with E-state index in [9.17, 15) is 13.2 Å². The van der Waals surface area contributed by atoms with Crippen LogP contribution in [0.1, 0.15) is 24.1 Å². The predicted octanol–water partition coefficient (Wildman–Crippen LogP) is 3.79. The first-order valence-corrected chi connectivity index (χ1v) is 10.9. The van der Waals surface area contributed by atoms with E-state index in [2.05, 4.69) is 15.6 Å². The molecule has 3 rings (SSSR count). The summed E-state index contributed by atoms with van der Waals surface area (Å²) in [4.78, 5) is 16.2. The maximum atomic E-state index is 13.0. The Morgan fingerprint density at radius 1 is 1.03 bits per heavy atom. The molecule has 156 valence electrons. The molecule has 0 aliphatic carbocycles. The number of amides is 2. The SMILES string of the molecule is C[C@@H](c1ccccc1)N(C)S(=O)(=O)c1ccc(NC(=O)NCc2cccnc2)cc1. The molecule has 0 unspecified atom stereocenters. The Labute approximate surface area is 176 Å². The van der Waals surface area contributed by atoms with Crippen LogP contribution < -0.4 is 10.6 Å². The van der Waals surface area contributed by atoms with Gasteiger partial charge in [0.15, 0.2) is 0 Å². The fourth-order valence-corrected chi connectivity index (χ4v) is 4.24. The summed E-state index contributed by atoms with van der Waals surface area (Å²) in [5.74, 6) is 0. The highest BCUT2D eigenvalue weighted by Gasteiger charge is 2.26. The average Bonchev–Trinajstić information content (AvgIpc) is 2.78. The van der Waals surface area contributed by atoms with Gasteiger partial charge >= 0.3 is 6.03 Å². The number of rotatable bonds is 7. The van der Waals surface area contributed by atoms with E-state index in [-0.39, 0.29) is 17.0 Å². The number of carbonyl (C=O) groups excluding carboxylic acids is 1. The largest absolute Gasteiger partial charge is 0.334 e. The first-order valence-electron chi connectivity index (χ1n) is 9.45. The van der Waals surface area contributed by atoms with Crippen LogP contribution in [0.3, 0.4) is 0 Å². The fraction of sp³-hybridized carbons (Fsp3) is 0.182. The predicted molar refractivity (Wildman–Crippen MR) is 116 cm³/mol. The fourth-order valence-electron chi connectivity index (χ4n) is 2.89. The van der Waals surface area contributed by atoms with Crippen molar-refractivity contribution in [2.45, 2.75) is 24.4 Å². The molecule has 0 bridgehead atoms. The minimum atomic E-state index is -3.68. The molecule has 1 atom stereocenters. The molecular formula is C22H24N4O3S. The lowest BCUT2D eigenvalue weighted by atomic mass is 10.1. The van der Waals surface area contributed by atoms with Crippen LogP contribution in [0.5, 0.6) is 0 Å². The molecule has 1 heterocycles. The van der Waals surface area contributed by atoms with Gasteiger partial charge in [0, 0.05) is 37.7 Å². The van der Waals surface area contributed by atoms with Crippen molar-refractivity contribution in [1.82, 2.24) is 14.6 Å². The standard InChI is InChI=1S/C22H24N4O3S/c1-17(19-8-4-3-5-9-19)26(2)30(28,29)21-12-10-20(11-13-21)25-22(27)24-16-18-7-6-14-23-15-18/h3-15,17H,16H2,1-2H3,(H2,24,25,27)/t17-/m0/s1. The lowest BCUT2D eigenvalue weighted by Gasteiger charge is -2.24. The number of urea groups is 1. The lowest BCUT2D eigenvalue weighted by molar-refractivity contribution is 0.251. The topological polar surface area (TPSA) is 91.4 Å². The number of benzene rings is 2. The number of hydrogen-bond acceptors (Lipinski definition) is 4. The summed E-state index contributed by atoms with van der Waals surface area (Å²) in [6.45, 7) is 2.18. The summed E-state index contributed by atoms with van der Waals surface area (Å²) in [6, 6.07) is 18.5. The third-order valence-corrected chi connectivity index (χ3v) is 6.73. The first-order chi connectivity index (χ1) is 14.4. The van der Waals surface area contributed by atoms with E-state index in [1.807, 2.05) is 43.3 Å². The van der Waals surface area contributed by atoms with Gasteiger partial charge in [-0.1, -0.05) is 36.4 Å². The summed E-state index contributed by atoms with van der Waals surface area (Å²) in [5, 5.41) is 5.42. The van der Waals surface area contributed by atoms with E-state index in [1.165, 1.54) is 16.4 Å². The monoisotopic (exact) mass is 424 g/mol. The van der Waals surface area contributed by atoms with E-state index in [4.69, 9.17) is 0 Å². The zero-order valence-corrected chi connectivity index (χ0v) is 17.6. The van der Waals surface area contributed by atoms with Crippen LogP contribution in [0.25, 0.3) is 0 Å². The first kappa shape index (κ1) is 21.5. The lowest BCUT2D eigenvalue weighted by Crippen LogP contribution is -2.30. The highest BCUT2D eigenvalue weighted by atomic mass is 32.2. The molecule has 2 N–H and O–H groups in total. The van der Waals surface area contributed by atoms with Crippen molar-refractivity contribution in [3.8, 4) is 0 Å². The normalized spacial score (nSPS) is 12.4. The molecule has 2 amide bonds. The molecule has 0 saturated carbocycles. The van der Waals surface area contributed by atoms with Crippen LogP contribution >= 0.6 is 0 Å². The van der Waals surface area contributed by atoms with Crippen LogP contribution in [0, 0.1) is 0 Å². The molecule has 0 radical (unpaired) electrons. The smallest absolute Gasteiger partial charge is 0.319 e. The summed E-state index contributed by atoms with van der Waals surface area (Å²) in [7, 11) is -2.12. The average molecular weight is 425 g/mol. The number of sulfonamides is 1. The van der Waals surface area contributed by atoms with Gasteiger partial charge in [0.25, 0.3) is 0 Å². The van der Waals surface area contributed by atoms with Crippen LogP contribution in [0.2, 0.25) is 0 Å². The van der Waals surface area contributed by atoms with Crippen molar-refractivity contribution >= 4 is 21.7 Å². The third kappa shape index (κ3) is 5.22. The molecule has 8 heteroatoms. The molecule has 0 spiro atoms. The van der Waals surface area contributed by atoms with Gasteiger partial charge in [0.1, 0.15) is 0 Å². The van der Waals surface area contributed by atoms with Gasteiger partial charge in [-0.2, -0.15) is 4.31 Å². The van der Waals surface area contributed by atoms with Gasteiger partial charge < -0.3 is 10.6 Å². The molecule has 0 saturated heterocycles. The van der Waals surface area contributed by atoms with Crippen molar-refractivity contribution in [1.29, 1.82) is 0 Å². The minimum absolute atomic E-state index is 0.161. The van der Waals surface area contributed by atoms with Crippen molar-refractivity contribution in [2.24, 2.45) is 0 Å². The Kier molecular flexibility index (Phi) is 6.81. The maximum Gasteiger partial charge on any atom is 0.319 e. The second-order valence-electron chi connectivity index (χ2n) is 6.80. The van der Waals surface area contributed by atoms with Crippen LogP contribution in [-0.2, 0) is 16.6 Å². The molecule has 0 fully saturated rings. The van der Waals surface area contributed by atoms with Crippen molar-refractivity contribution in [3.63, 3.8) is 0 Å². The Morgan fingerprint density at radius 2 is 1.73 bits per heavy atom. The van der Waals surface area contributed by atoms with E-state index in [1.54, 1.807) is 37.6 Å². The number of pyridine rings is 1. The Hall–Kier alpha value is -3.23. The van der Waals surface area contributed by atoms with Gasteiger partial charge in [-0.05, 0) is 48.4 Å². The van der Waals surface area contributed by atoms with Gasteiger partial charge in [-0.15, -0.1) is 0 Å². The number of carbonyl (C=O) groups is 1. The highest BCUT2D eigenvalue weighted by Crippen LogP contribution is 2.26. The van der Waals surface area contributed by atoms with E-state index < -0.39 is 10.0 Å². The van der Waals surface area contributed by atoms with Crippen LogP contribution in [0.4, 0.5) is 10.5 Å². The quantitative estimate of drug-likeness (QED) is 0.604. The van der Waals surface area contributed by atoms with Crippen molar-refractivity contribution in [3.05, 3.63) is 90.3 Å². The Balaban J connectivity index is 1.63. The maximum absolute atomic E-state index is 13.0. The molecule has 30 heavy (non-hydrogen) atoms. The zero-order valence-electron chi connectivity index (χ0n) is 16.8. The van der Waals surface area contributed by atoms with Crippen molar-refractivity contribution in [2.75, 3.05) is 12.4 Å². The van der Waals surface area contributed by atoms with Crippen LogP contribution in [0.15, 0.2) is 84.0 Å². The number of nitrogens with zero attached hydrogens (tertiary/aromatic N) is 2. The molecule has 0 aliphatic rings. The van der Waals surface area contributed by atoms with Crippen molar-refractivity contribution < 1.29 is 13.2 Å². The van der Waals surface area contributed by atoms with Gasteiger partial charge in [0.2, 0.25) is 10.0 Å². The molecule has 7 nitrogen and oxygen atoms in total. The second kappa shape index (κ2) is 9.51. The van der Waals surface area contributed by atoms with E-state index >= 15 is 0 Å². The second-order valence-corrected chi connectivity index (χ2v) is 8.80. The number of nitrogens with one attached hydrogen (secondary N) is 2. The van der Waals surface area contributed by atoms with Gasteiger partial charge in [0.05, 0.1) is 4.90 Å². The minimum Gasteiger partial charge on any atom is -0.334 e.